The van der Waals surface area contributed by atoms with Crippen LogP contribution in [-0.4, -0.2) is 10.3 Å². The molecule has 12 heavy (non-hydrogen) atoms. The predicted molar refractivity (Wildman–Crippen MR) is 53.9 cm³/mol. The lowest BCUT2D eigenvalue weighted by Gasteiger charge is -2.31. The fourth-order valence-corrected chi connectivity index (χ4v) is 3.29. The molecule has 2 saturated carbocycles. The third-order valence-corrected chi connectivity index (χ3v) is 5.21. The Labute approximate surface area is 84.6 Å². The van der Waals surface area contributed by atoms with E-state index in [2.05, 4.69) is 20.8 Å². The molecule has 0 aromatic carbocycles. The topological polar surface area (TPSA) is 0 Å². The zero-order chi connectivity index (χ0) is 9.15. The molecule has 0 N–H and O–H groups in total. The Hall–Kier alpha value is 0.580. The van der Waals surface area contributed by atoms with Crippen molar-refractivity contribution in [2.75, 3.05) is 0 Å². The number of alkyl halides is 2. The van der Waals surface area contributed by atoms with Crippen LogP contribution >= 0.6 is 23.2 Å². The lowest BCUT2D eigenvalue weighted by molar-refractivity contribution is 0.402. The summed E-state index contributed by atoms with van der Waals surface area (Å²) >= 11 is 12.6. The minimum atomic E-state index is -0.156. The lowest BCUT2D eigenvalue weighted by atomic mass is 9.89. The van der Waals surface area contributed by atoms with Gasteiger partial charge in [0, 0.05) is 0 Å². The molecule has 2 heteroatoms. The molecule has 0 aromatic rings. The van der Waals surface area contributed by atoms with E-state index in [0.717, 1.165) is 24.7 Å². The number of hydrogen-bond acceptors (Lipinski definition) is 0. The van der Waals surface area contributed by atoms with Gasteiger partial charge < -0.3 is 0 Å². The fraction of sp³-hybridized carbons (Fsp3) is 1.00. The van der Waals surface area contributed by atoms with Gasteiger partial charge in [0.2, 0.25) is 0 Å². The molecule has 0 heterocycles. The molecule has 0 amide bonds. The van der Waals surface area contributed by atoms with Crippen molar-refractivity contribution < 1.29 is 0 Å². The van der Waals surface area contributed by atoms with E-state index in [0.29, 0.717) is 5.41 Å². The summed E-state index contributed by atoms with van der Waals surface area (Å²) < 4.78 is 0. The van der Waals surface area contributed by atoms with Crippen LogP contribution < -0.4 is 0 Å². The summed E-state index contributed by atoms with van der Waals surface area (Å²) in [6.45, 7) is 6.76. The summed E-state index contributed by atoms with van der Waals surface area (Å²) in [7, 11) is 0. The van der Waals surface area contributed by atoms with Crippen LogP contribution in [0.2, 0.25) is 0 Å². The van der Waals surface area contributed by atoms with Gasteiger partial charge in [-0.15, -0.1) is 23.2 Å². The van der Waals surface area contributed by atoms with Crippen molar-refractivity contribution in [3.05, 3.63) is 0 Å². The second-order valence-electron chi connectivity index (χ2n) is 5.22. The average molecular weight is 207 g/mol. The second-order valence-corrected chi connectivity index (χ2v) is 6.61. The summed E-state index contributed by atoms with van der Waals surface area (Å²) in [5, 5.41) is 0.169. The number of rotatable bonds is 0. The Kier molecular flexibility index (Phi) is 1.78. The Morgan fingerprint density at radius 3 is 2.25 bits per heavy atom. The van der Waals surface area contributed by atoms with Crippen molar-refractivity contribution in [1.82, 2.24) is 0 Å². The van der Waals surface area contributed by atoms with Crippen molar-refractivity contribution in [3.8, 4) is 0 Å². The van der Waals surface area contributed by atoms with E-state index >= 15 is 0 Å². The third kappa shape index (κ3) is 1.11. The van der Waals surface area contributed by atoms with Crippen LogP contribution in [-0.2, 0) is 0 Å². The van der Waals surface area contributed by atoms with Gasteiger partial charge in [-0.3, -0.25) is 0 Å². The maximum atomic E-state index is 6.34. The quantitative estimate of drug-likeness (QED) is 0.532. The smallest absolute Gasteiger partial charge is 0.0584 e. The van der Waals surface area contributed by atoms with E-state index in [1.165, 1.54) is 0 Å². The molecule has 2 aliphatic carbocycles. The van der Waals surface area contributed by atoms with Crippen LogP contribution in [0.1, 0.15) is 33.6 Å². The van der Waals surface area contributed by atoms with Crippen molar-refractivity contribution in [3.63, 3.8) is 0 Å². The molecule has 0 nitrogen and oxygen atoms in total. The molecule has 2 aliphatic rings. The summed E-state index contributed by atoms with van der Waals surface area (Å²) in [6.07, 6.45) is 2.21. The first kappa shape index (κ1) is 9.15. The molecule has 2 fully saturated rings. The van der Waals surface area contributed by atoms with E-state index < -0.39 is 0 Å². The number of halogens is 2. The van der Waals surface area contributed by atoms with Crippen LogP contribution in [0.25, 0.3) is 0 Å². The van der Waals surface area contributed by atoms with Gasteiger partial charge in [-0.05, 0) is 37.0 Å². The molecule has 0 aromatic heterocycles. The molecular weight excluding hydrogens is 191 g/mol. The van der Waals surface area contributed by atoms with Gasteiger partial charge in [-0.25, -0.2) is 0 Å². The van der Waals surface area contributed by atoms with Crippen LogP contribution in [0, 0.1) is 17.3 Å². The normalized spacial score (nSPS) is 56.2. The van der Waals surface area contributed by atoms with Gasteiger partial charge >= 0.3 is 0 Å². The van der Waals surface area contributed by atoms with Gasteiger partial charge in [0.25, 0.3) is 0 Å². The first-order chi connectivity index (χ1) is 5.36. The molecule has 0 aliphatic heterocycles. The minimum absolute atomic E-state index is 0.156. The molecular formula is C10H16Cl2. The zero-order valence-electron chi connectivity index (χ0n) is 7.90. The Morgan fingerprint density at radius 2 is 1.75 bits per heavy atom. The summed E-state index contributed by atoms with van der Waals surface area (Å²) in [5.41, 5.74) is 0.514. The molecule has 2 rings (SSSR count). The van der Waals surface area contributed by atoms with Gasteiger partial charge in [0.05, 0.1) is 10.3 Å². The molecule has 0 saturated heterocycles. The molecule has 4 atom stereocenters. The minimum Gasteiger partial charge on any atom is -0.121 e. The van der Waals surface area contributed by atoms with Gasteiger partial charge in [0.1, 0.15) is 0 Å². The lowest BCUT2D eigenvalue weighted by Crippen LogP contribution is -2.33. The Morgan fingerprint density at radius 1 is 1.17 bits per heavy atom. The van der Waals surface area contributed by atoms with E-state index in [1.807, 2.05) is 0 Å². The summed E-state index contributed by atoms with van der Waals surface area (Å²) in [6, 6.07) is 0. The monoisotopic (exact) mass is 206 g/mol. The first-order valence-electron chi connectivity index (χ1n) is 4.68. The molecule has 0 spiro atoms. The van der Waals surface area contributed by atoms with Crippen LogP contribution in [0.15, 0.2) is 0 Å². The largest absolute Gasteiger partial charge is 0.121 e. The highest BCUT2D eigenvalue weighted by molar-refractivity contribution is 6.32. The summed E-state index contributed by atoms with van der Waals surface area (Å²) in [4.78, 5) is -0.156. The molecule has 0 bridgehead atoms. The van der Waals surface area contributed by atoms with E-state index in [4.69, 9.17) is 23.2 Å². The van der Waals surface area contributed by atoms with Crippen molar-refractivity contribution in [2.45, 2.75) is 43.9 Å². The molecule has 4 unspecified atom stereocenters. The summed E-state index contributed by atoms with van der Waals surface area (Å²) in [5.74, 6) is 1.67. The highest BCUT2D eigenvalue weighted by Crippen LogP contribution is 2.67. The number of hydrogen-bond donors (Lipinski definition) is 0. The average Bonchev–Trinajstić information content (AvgIpc) is 2.37. The van der Waals surface area contributed by atoms with E-state index in [1.54, 1.807) is 0 Å². The van der Waals surface area contributed by atoms with Crippen molar-refractivity contribution >= 4 is 23.2 Å². The van der Waals surface area contributed by atoms with Gasteiger partial charge in [-0.2, -0.15) is 0 Å². The van der Waals surface area contributed by atoms with E-state index in [-0.39, 0.29) is 10.3 Å². The predicted octanol–water partition coefficient (Wildman–Crippen LogP) is 3.66. The molecule has 70 valence electrons. The van der Waals surface area contributed by atoms with E-state index in [9.17, 15) is 0 Å². The Bertz CT molecular complexity index is 208. The zero-order valence-corrected chi connectivity index (χ0v) is 9.41. The first-order valence-corrected chi connectivity index (χ1v) is 5.50. The maximum absolute atomic E-state index is 6.34. The van der Waals surface area contributed by atoms with Crippen LogP contribution in [0.4, 0.5) is 0 Å². The second kappa shape index (κ2) is 2.33. The standard InChI is InChI=1S/C10H16Cl2/c1-9(2)6-4-8(11)10(3,12)5-7(6)9/h6-8H,4-5H2,1-3H3. The maximum Gasteiger partial charge on any atom is 0.0584 e. The van der Waals surface area contributed by atoms with Gasteiger partial charge in [-0.1, -0.05) is 13.8 Å². The van der Waals surface area contributed by atoms with Gasteiger partial charge in [0.15, 0.2) is 0 Å². The SMILES string of the molecule is CC1(Cl)CC2C(CC1Cl)C2(C)C. The van der Waals surface area contributed by atoms with Crippen LogP contribution in [0.3, 0.4) is 0 Å². The highest BCUT2D eigenvalue weighted by Gasteiger charge is 2.63. The highest BCUT2D eigenvalue weighted by atomic mass is 35.5. The van der Waals surface area contributed by atoms with Crippen LogP contribution in [0.5, 0.6) is 0 Å². The number of fused-ring (bicyclic) bond motifs is 1. The van der Waals surface area contributed by atoms with Crippen molar-refractivity contribution in [1.29, 1.82) is 0 Å². The molecule has 0 radical (unpaired) electrons. The fourth-order valence-electron chi connectivity index (χ4n) is 2.76. The third-order valence-electron chi connectivity index (χ3n) is 4.02. The van der Waals surface area contributed by atoms with Crippen molar-refractivity contribution in [2.24, 2.45) is 17.3 Å². The Balaban J connectivity index is 2.14.